The highest BCUT2D eigenvalue weighted by molar-refractivity contribution is 9.10. The van der Waals surface area contributed by atoms with Crippen LogP contribution in [0.2, 0.25) is 0 Å². The zero-order chi connectivity index (χ0) is 13.0. The van der Waals surface area contributed by atoms with E-state index in [4.69, 9.17) is 10.5 Å². The van der Waals surface area contributed by atoms with E-state index in [0.29, 0.717) is 5.75 Å². The van der Waals surface area contributed by atoms with Crippen LogP contribution < -0.4 is 10.5 Å². The van der Waals surface area contributed by atoms with Gasteiger partial charge in [-0.15, -0.1) is 0 Å². The molecule has 17 heavy (non-hydrogen) atoms. The van der Waals surface area contributed by atoms with Crippen molar-refractivity contribution in [3.63, 3.8) is 0 Å². The van der Waals surface area contributed by atoms with Crippen molar-refractivity contribution in [3.05, 3.63) is 28.2 Å². The quantitative estimate of drug-likeness (QED) is 0.868. The van der Waals surface area contributed by atoms with Gasteiger partial charge in [0.15, 0.2) is 6.10 Å². The van der Waals surface area contributed by atoms with Gasteiger partial charge in [0.05, 0.1) is 7.11 Å². The molecule has 5 heteroatoms. The van der Waals surface area contributed by atoms with Crippen LogP contribution in [0.4, 0.5) is 0 Å². The van der Waals surface area contributed by atoms with Crippen molar-refractivity contribution >= 4 is 21.9 Å². The maximum Gasteiger partial charge on any atom is 0.346 e. The van der Waals surface area contributed by atoms with Crippen molar-refractivity contribution in [2.75, 3.05) is 7.11 Å². The molecule has 0 amide bonds. The van der Waals surface area contributed by atoms with E-state index in [9.17, 15) is 4.79 Å². The number of methoxy groups -OCH3 is 1. The highest BCUT2D eigenvalue weighted by atomic mass is 79.9. The van der Waals surface area contributed by atoms with Crippen LogP contribution in [0.25, 0.3) is 0 Å². The van der Waals surface area contributed by atoms with Crippen LogP contribution in [0.3, 0.4) is 0 Å². The van der Waals surface area contributed by atoms with Crippen molar-refractivity contribution in [2.24, 2.45) is 5.73 Å². The standard InChI is InChI=1S/C12H16BrNO3/c1-7(14)10-5-4-9(13)6-11(10)17-8(2)12(15)16-3/h4-8H,14H2,1-3H3/t7-,8?/m0/s1. The Labute approximate surface area is 109 Å². The van der Waals surface area contributed by atoms with E-state index in [1.165, 1.54) is 7.11 Å². The Balaban J connectivity index is 2.96. The first-order valence-electron chi connectivity index (χ1n) is 5.25. The van der Waals surface area contributed by atoms with Crippen molar-refractivity contribution in [2.45, 2.75) is 26.0 Å². The molecule has 0 aliphatic rings. The Morgan fingerprint density at radius 3 is 2.59 bits per heavy atom. The summed E-state index contributed by atoms with van der Waals surface area (Å²) < 4.78 is 11.0. The van der Waals surface area contributed by atoms with Crippen molar-refractivity contribution in [1.29, 1.82) is 0 Å². The number of rotatable bonds is 4. The van der Waals surface area contributed by atoms with E-state index >= 15 is 0 Å². The number of ether oxygens (including phenoxy) is 2. The molecule has 1 rings (SSSR count). The summed E-state index contributed by atoms with van der Waals surface area (Å²) in [5.41, 5.74) is 6.69. The Bertz CT molecular complexity index is 407. The second kappa shape index (κ2) is 6.02. The average Bonchev–Trinajstić information content (AvgIpc) is 2.27. The summed E-state index contributed by atoms with van der Waals surface area (Å²) in [6, 6.07) is 5.38. The van der Waals surface area contributed by atoms with Gasteiger partial charge in [-0.25, -0.2) is 4.79 Å². The van der Waals surface area contributed by atoms with Gasteiger partial charge >= 0.3 is 5.97 Å². The van der Waals surface area contributed by atoms with E-state index in [1.54, 1.807) is 13.0 Å². The molecule has 1 aromatic rings. The largest absolute Gasteiger partial charge is 0.479 e. The van der Waals surface area contributed by atoms with Crippen LogP contribution in [-0.2, 0) is 9.53 Å². The third-order valence-electron chi connectivity index (χ3n) is 2.30. The Hall–Kier alpha value is -1.07. The topological polar surface area (TPSA) is 61.5 Å². The lowest BCUT2D eigenvalue weighted by Crippen LogP contribution is -2.25. The zero-order valence-electron chi connectivity index (χ0n) is 10.1. The van der Waals surface area contributed by atoms with Gasteiger partial charge in [-0.2, -0.15) is 0 Å². The molecule has 0 bridgehead atoms. The van der Waals surface area contributed by atoms with Gasteiger partial charge in [0.2, 0.25) is 0 Å². The third kappa shape index (κ3) is 3.71. The number of carbonyl (C=O) groups is 1. The smallest absolute Gasteiger partial charge is 0.346 e. The van der Waals surface area contributed by atoms with Gasteiger partial charge in [-0.3, -0.25) is 0 Å². The molecule has 0 fully saturated rings. The van der Waals surface area contributed by atoms with Gasteiger partial charge in [0.25, 0.3) is 0 Å². The summed E-state index contributed by atoms with van der Waals surface area (Å²) >= 11 is 3.35. The lowest BCUT2D eigenvalue weighted by atomic mass is 10.1. The number of benzene rings is 1. The minimum Gasteiger partial charge on any atom is -0.479 e. The molecule has 0 saturated heterocycles. The number of esters is 1. The molecule has 0 spiro atoms. The zero-order valence-corrected chi connectivity index (χ0v) is 11.7. The molecular formula is C12H16BrNO3. The molecule has 0 aliphatic heterocycles. The van der Waals surface area contributed by atoms with Crippen molar-refractivity contribution < 1.29 is 14.3 Å². The van der Waals surface area contributed by atoms with Crippen molar-refractivity contribution in [3.8, 4) is 5.75 Å². The first-order chi connectivity index (χ1) is 7.95. The van der Waals surface area contributed by atoms with E-state index < -0.39 is 12.1 Å². The molecule has 2 atom stereocenters. The lowest BCUT2D eigenvalue weighted by molar-refractivity contribution is -0.147. The molecular weight excluding hydrogens is 286 g/mol. The first kappa shape index (κ1) is 14.0. The van der Waals surface area contributed by atoms with E-state index in [-0.39, 0.29) is 6.04 Å². The van der Waals surface area contributed by atoms with Crippen LogP contribution in [-0.4, -0.2) is 19.2 Å². The summed E-state index contributed by atoms with van der Waals surface area (Å²) in [6.45, 7) is 3.50. The van der Waals surface area contributed by atoms with Gasteiger partial charge < -0.3 is 15.2 Å². The molecule has 0 aromatic heterocycles. The van der Waals surface area contributed by atoms with Crippen LogP contribution in [0.15, 0.2) is 22.7 Å². The number of hydrogen-bond donors (Lipinski definition) is 1. The van der Waals surface area contributed by atoms with Crippen LogP contribution >= 0.6 is 15.9 Å². The van der Waals surface area contributed by atoms with Crippen molar-refractivity contribution in [1.82, 2.24) is 0 Å². The summed E-state index contributed by atoms with van der Waals surface area (Å²) in [5, 5.41) is 0. The lowest BCUT2D eigenvalue weighted by Gasteiger charge is -2.17. The fraction of sp³-hybridized carbons (Fsp3) is 0.417. The van der Waals surface area contributed by atoms with Crippen LogP contribution in [0.1, 0.15) is 25.5 Å². The molecule has 94 valence electrons. The minimum absolute atomic E-state index is 0.164. The molecule has 1 unspecified atom stereocenters. The average molecular weight is 302 g/mol. The maximum absolute atomic E-state index is 11.3. The highest BCUT2D eigenvalue weighted by Gasteiger charge is 2.17. The van der Waals surface area contributed by atoms with E-state index in [2.05, 4.69) is 20.7 Å². The van der Waals surface area contributed by atoms with Gasteiger partial charge in [-0.1, -0.05) is 22.0 Å². The predicted molar refractivity (Wildman–Crippen MR) is 68.9 cm³/mol. The molecule has 0 saturated carbocycles. The molecule has 0 radical (unpaired) electrons. The summed E-state index contributed by atoms with van der Waals surface area (Å²) in [4.78, 5) is 11.3. The van der Waals surface area contributed by atoms with Crippen LogP contribution in [0.5, 0.6) is 5.75 Å². The monoisotopic (exact) mass is 301 g/mol. The third-order valence-corrected chi connectivity index (χ3v) is 2.80. The van der Waals surface area contributed by atoms with Crippen LogP contribution in [0, 0.1) is 0 Å². The summed E-state index contributed by atoms with van der Waals surface area (Å²) in [7, 11) is 1.33. The second-order valence-electron chi connectivity index (χ2n) is 3.75. The van der Waals surface area contributed by atoms with E-state index in [0.717, 1.165) is 10.0 Å². The molecule has 2 N–H and O–H groups in total. The Morgan fingerprint density at radius 2 is 2.06 bits per heavy atom. The number of halogens is 1. The highest BCUT2D eigenvalue weighted by Crippen LogP contribution is 2.28. The minimum atomic E-state index is -0.660. The van der Waals surface area contributed by atoms with Gasteiger partial charge in [-0.05, 0) is 26.0 Å². The van der Waals surface area contributed by atoms with E-state index in [1.807, 2.05) is 19.1 Å². The fourth-order valence-corrected chi connectivity index (χ4v) is 1.73. The fourth-order valence-electron chi connectivity index (χ4n) is 1.39. The predicted octanol–water partition coefficient (Wildman–Crippen LogP) is 2.41. The molecule has 1 aromatic carbocycles. The Morgan fingerprint density at radius 1 is 1.41 bits per heavy atom. The summed E-state index contributed by atoms with van der Waals surface area (Å²) in [6.07, 6.45) is -0.660. The summed E-state index contributed by atoms with van der Waals surface area (Å²) in [5.74, 6) is 0.174. The molecule has 0 heterocycles. The van der Waals surface area contributed by atoms with Gasteiger partial charge in [0, 0.05) is 16.1 Å². The SMILES string of the molecule is COC(=O)C(C)Oc1cc(Br)ccc1[C@H](C)N. The molecule has 4 nitrogen and oxygen atoms in total. The maximum atomic E-state index is 11.3. The number of hydrogen-bond acceptors (Lipinski definition) is 4. The molecule has 0 aliphatic carbocycles. The van der Waals surface area contributed by atoms with Gasteiger partial charge in [0.1, 0.15) is 5.75 Å². The number of nitrogens with two attached hydrogens (primary N) is 1. The second-order valence-corrected chi connectivity index (χ2v) is 4.67. The Kier molecular flexibility index (Phi) is 4.96. The normalized spacial score (nSPS) is 13.9. The first-order valence-corrected chi connectivity index (χ1v) is 6.04. The number of carbonyl (C=O) groups excluding carboxylic acids is 1.